The summed E-state index contributed by atoms with van der Waals surface area (Å²) in [6, 6.07) is 16.0. The molecule has 0 saturated carbocycles. The van der Waals surface area contributed by atoms with Gasteiger partial charge >= 0.3 is 0 Å². The van der Waals surface area contributed by atoms with Gasteiger partial charge in [0.05, 0.1) is 11.9 Å². The number of amides is 1. The van der Waals surface area contributed by atoms with Crippen LogP contribution < -0.4 is 10.6 Å². The van der Waals surface area contributed by atoms with Gasteiger partial charge in [0.25, 0.3) is 5.91 Å². The minimum Gasteiger partial charge on any atom is -0.380 e. The predicted molar refractivity (Wildman–Crippen MR) is 100 cm³/mol. The molecule has 0 fully saturated rings. The van der Waals surface area contributed by atoms with Gasteiger partial charge in [-0.1, -0.05) is 30.3 Å². The maximum Gasteiger partial charge on any atom is 0.269 e. The first-order valence-electron chi connectivity index (χ1n) is 8.58. The lowest BCUT2D eigenvalue weighted by Gasteiger charge is -2.08. The highest BCUT2D eigenvalue weighted by Gasteiger charge is 2.07. The highest BCUT2D eigenvalue weighted by molar-refractivity contribution is 5.92. The van der Waals surface area contributed by atoms with E-state index >= 15 is 0 Å². The fourth-order valence-electron chi connectivity index (χ4n) is 2.53. The van der Waals surface area contributed by atoms with Crippen LogP contribution in [-0.2, 0) is 13.0 Å². The summed E-state index contributed by atoms with van der Waals surface area (Å²) < 4.78 is 26.5. The molecule has 0 saturated heterocycles. The summed E-state index contributed by atoms with van der Waals surface area (Å²) in [7, 11) is 0. The molecular weight excluding hydrogens is 348 g/mol. The smallest absolute Gasteiger partial charge is 0.269 e. The van der Waals surface area contributed by atoms with Crippen LogP contribution in [0.3, 0.4) is 0 Å². The molecule has 6 heteroatoms. The molecule has 2 aromatic carbocycles. The van der Waals surface area contributed by atoms with Crippen molar-refractivity contribution in [3.05, 3.63) is 95.3 Å². The van der Waals surface area contributed by atoms with E-state index in [1.807, 2.05) is 0 Å². The highest BCUT2D eigenvalue weighted by atomic mass is 19.1. The summed E-state index contributed by atoms with van der Waals surface area (Å²) in [5.74, 6) is -0.830. The molecule has 0 aliphatic carbocycles. The Bertz CT molecular complexity index is 896. The Kier molecular flexibility index (Phi) is 6.10. The van der Waals surface area contributed by atoms with Crippen LogP contribution >= 0.6 is 0 Å². The van der Waals surface area contributed by atoms with Crippen molar-refractivity contribution in [2.45, 2.75) is 13.0 Å². The Morgan fingerprint density at radius 3 is 2.44 bits per heavy atom. The summed E-state index contributed by atoms with van der Waals surface area (Å²) in [6.07, 6.45) is 2.14. The quantitative estimate of drug-likeness (QED) is 0.665. The highest BCUT2D eigenvalue weighted by Crippen LogP contribution is 2.11. The molecule has 138 valence electrons. The van der Waals surface area contributed by atoms with E-state index in [0.717, 1.165) is 5.56 Å². The summed E-state index contributed by atoms with van der Waals surface area (Å²) in [6.45, 7) is 0.761. The average molecular weight is 367 g/mol. The molecule has 3 aromatic rings. The molecule has 0 aliphatic heterocycles. The number of nitrogens with zero attached hydrogens (tertiary/aromatic N) is 1. The van der Waals surface area contributed by atoms with Crippen LogP contribution in [0.25, 0.3) is 0 Å². The van der Waals surface area contributed by atoms with Crippen molar-refractivity contribution in [2.24, 2.45) is 0 Å². The Morgan fingerprint density at radius 1 is 0.963 bits per heavy atom. The van der Waals surface area contributed by atoms with Crippen LogP contribution in [0.5, 0.6) is 0 Å². The minimum atomic E-state index is -0.282. The number of carbonyl (C=O) groups excluding carboxylic acids is 1. The zero-order valence-electron chi connectivity index (χ0n) is 14.6. The number of pyridine rings is 1. The Balaban J connectivity index is 1.48. The van der Waals surface area contributed by atoms with E-state index < -0.39 is 0 Å². The van der Waals surface area contributed by atoms with Gasteiger partial charge in [-0.15, -0.1) is 0 Å². The second kappa shape index (κ2) is 8.89. The molecule has 27 heavy (non-hydrogen) atoms. The van der Waals surface area contributed by atoms with Gasteiger partial charge < -0.3 is 10.6 Å². The second-order valence-electron chi connectivity index (χ2n) is 6.01. The van der Waals surface area contributed by atoms with Crippen LogP contribution in [-0.4, -0.2) is 17.4 Å². The topological polar surface area (TPSA) is 54.0 Å². The number of anilines is 1. The van der Waals surface area contributed by atoms with Crippen molar-refractivity contribution >= 4 is 11.6 Å². The molecule has 4 nitrogen and oxygen atoms in total. The first-order valence-corrected chi connectivity index (χ1v) is 8.58. The first-order chi connectivity index (χ1) is 13.1. The maximum atomic E-state index is 13.6. The van der Waals surface area contributed by atoms with Gasteiger partial charge in [-0.3, -0.25) is 4.79 Å². The summed E-state index contributed by atoms with van der Waals surface area (Å²) in [5.41, 5.74) is 2.49. The molecule has 1 aromatic heterocycles. The van der Waals surface area contributed by atoms with E-state index in [1.165, 1.54) is 24.4 Å². The number of hydrogen-bond acceptors (Lipinski definition) is 3. The number of rotatable bonds is 7. The minimum absolute atomic E-state index is 0.268. The van der Waals surface area contributed by atoms with E-state index in [4.69, 9.17) is 0 Å². The fourth-order valence-corrected chi connectivity index (χ4v) is 2.53. The van der Waals surface area contributed by atoms with Crippen molar-refractivity contribution in [1.82, 2.24) is 10.3 Å². The van der Waals surface area contributed by atoms with Crippen molar-refractivity contribution in [3.63, 3.8) is 0 Å². The number of nitrogens with one attached hydrogen (secondary N) is 2. The molecule has 2 N–H and O–H groups in total. The third-order valence-electron chi connectivity index (χ3n) is 4.05. The Hall–Kier alpha value is -3.28. The number of carbonyl (C=O) groups is 1. The zero-order chi connectivity index (χ0) is 19.1. The van der Waals surface area contributed by atoms with Crippen molar-refractivity contribution in [1.29, 1.82) is 0 Å². The first kappa shape index (κ1) is 18.5. The second-order valence-corrected chi connectivity index (χ2v) is 6.01. The third-order valence-corrected chi connectivity index (χ3v) is 4.05. The zero-order valence-corrected chi connectivity index (χ0v) is 14.6. The van der Waals surface area contributed by atoms with Crippen LogP contribution in [0.2, 0.25) is 0 Å². The normalized spacial score (nSPS) is 10.4. The number of hydrogen-bond donors (Lipinski definition) is 2. The predicted octanol–water partition coefficient (Wildman–Crippen LogP) is 3.94. The van der Waals surface area contributed by atoms with E-state index in [0.29, 0.717) is 36.5 Å². The number of benzene rings is 2. The SMILES string of the molecule is O=C(NCCc1ccc(F)cc1)c1ccc(NCc2ccccc2F)cn1. The molecular formula is C21H19F2N3O. The number of aromatic nitrogens is 1. The molecule has 0 unspecified atom stereocenters. The van der Waals surface area contributed by atoms with E-state index in [2.05, 4.69) is 15.6 Å². The van der Waals surface area contributed by atoms with E-state index in [9.17, 15) is 13.6 Å². The average Bonchev–Trinajstić information content (AvgIpc) is 2.69. The van der Waals surface area contributed by atoms with Gasteiger partial charge in [0.15, 0.2) is 0 Å². The van der Waals surface area contributed by atoms with Crippen molar-refractivity contribution in [3.8, 4) is 0 Å². The standard InChI is InChI=1S/C21H19F2N3O/c22-17-7-5-15(6-8-17)11-12-24-21(27)20-10-9-18(14-26-20)25-13-16-3-1-2-4-19(16)23/h1-10,14,25H,11-13H2,(H,24,27). The summed E-state index contributed by atoms with van der Waals surface area (Å²) >= 11 is 0. The van der Waals surface area contributed by atoms with Gasteiger partial charge in [-0.25, -0.2) is 13.8 Å². The van der Waals surface area contributed by atoms with Gasteiger partial charge in [-0.05, 0) is 42.3 Å². The van der Waals surface area contributed by atoms with Crippen LogP contribution in [0.15, 0.2) is 66.9 Å². The van der Waals surface area contributed by atoms with Crippen molar-refractivity contribution < 1.29 is 13.6 Å². The van der Waals surface area contributed by atoms with Crippen molar-refractivity contribution in [2.75, 3.05) is 11.9 Å². The molecule has 1 heterocycles. The van der Waals surface area contributed by atoms with Gasteiger partial charge in [0.2, 0.25) is 0 Å². The van der Waals surface area contributed by atoms with Gasteiger partial charge in [0.1, 0.15) is 17.3 Å². The Labute approximate surface area is 156 Å². The fraction of sp³-hybridized carbons (Fsp3) is 0.143. The molecule has 0 atom stereocenters. The van der Waals surface area contributed by atoms with E-state index in [-0.39, 0.29) is 17.5 Å². The van der Waals surface area contributed by atoms with Crippen LogP contribution in [0.1, 0.15) is 21.6 Å². The molecule has 3 rings (SSSR count). The van der Waals surface area contributed by atoms with Gasteiger partial charge in [-0.2, -0.15) is 0 Å². The lowest BCUT2D eigenvalue weighted by molar-refractivity contribution is 0.0949. The third kappa shape index (κ3) is 5.34. The largest absolute Gasteiger partial charge is 0.380 e. The number of halogens is 2. The van der Waals surface area contributed by atoms with Crippen LogP contribution in [0, 0.1) is 11.6 Å². The van der Waals surface area contributed by atoms with Gasteiger partial charge in [0, 0.05) is 18.7 Å². The monoisotopic (exact) mass is 367 g/mol. The molecule has 0 spiro atoms. The van der Waals surface area contributed by atoms with Crippen LogP contribution in [0.4, 0.5) is 14.5 Å². The van der Waals surface area contributed by atoms with E-state index in [1.54, 1.807) is 42.5 Å². The molecule has 0 bridgehead atoms. The lowest BCUT2D eigenvalue weighted by Crippen LogP contribution is -2.26. The summed E-state index contributed by atoms with van der Waals surface area (Å²) in [4.78, 5) is 16.3. The molecule has 1 amide bonds. The lowest BCUT2D eigenvalue weighted by atomic mass is 10.1. The summed E-state index contributed by atoms with van der Waals surface area (Å²) in [5, 5.41) is 5.85. The molecule has 0 radical (unpaired) electrons. The maximum absolute atomic E-state index is 13.6. The Morgan fingerprint density at radius 2 is 1.74 bits per heavy atom. The molecule has 0 aliphatic rings.